The van der Waals surface area contributed by atoms with Gasteiger partial charge in [0.2, 0.25) is 11.8 Å². The Kier molecular flexibility index (Phi) is 9.21. The number of nitrogens with one attached hydrogen (secondary N) is 1. The van der Waals surface area contributed by atoms with Crippen LogP contribution in [-0.4, -0.2) is 91.6 Å². The minimum absolute atomic E-state index is 0.0155. The van der Waals surface area contributed by atoms with E-state index >= 15 is 0 Å². The van der Waals surface area contributed by atoms with Crippen molar-refractivity contribution in [2.24, 2.45) is 11.7 Å². The molecule has 2 amide bonds. The molecule has 34 heavy (non-hydrogen) atoms. The van der Waals surface area contributed by atoms with Crippen LogP contribution in [0.3, 0.4) is 0 Å². The first-order valence-electron chi connectivity index (χ1n) is 11.6. The molecule has 0 spiro atoms. The van der Waals surface area contributed by atoms with Gasteiger partial charge in [-0.1, -0.05) is 18.2 Å². The first-order valence-corrected chi connectivity index (χ1v) is 13.0. The molecule has 2 aliphatic rings. The van der Waals surface area contributed by atoms with Crippen LogP contribution in [0.1, 0.15) is 24.8 Å². The summed E-state index contributed by atoms with van der Waals surface area (Å²) in [4.78, 5) is 41.8. The molecule has 3 unspecified atom stereocenters. The number of esters is 1. The van der Waals surface area contributed by atoms with E-state index in [1.54, 1.807) is 18.9 Å². The van der Waals surface area contributed by atoms with Gasteiger partial charge in [-0.2, -0.15) is 11.8 Å². The van der Waals surface area contributed by atoms with E-state index in [1.165, 1.54) is 7.11 Å². The van der Waals surface area contributed by atoms with Crippen LogP contribution in [0.4, 0.5) is 0 Å². The lowest BCUT2D eigenvalue weighted by atomic mass is 10.1. The molecule has 1 aliphatic heterocycles. The number of hydrogen-bond donors (Lipinski definition) is 2. The molecule has 9 nitrogen and oxygen atoms in total. The fourth-order valence-electron chi connectivity index (χ4n) is 4.89. The van der Waals surface area contributed by atoms with Crippen LogP contribution in [0.25, 0.3) is 0 Å². The van der Waals surface area contributed by atoms with Crippen molar-refractivity contribution in [2.45, 2.75) is 37.4 Å². The number of amides is 2. The van der Waals surface area contributed by atoms with Gasteiger partial charge in [0.05, 0.1) is 27.3 Å². The van der Waals surface area contributed by atoms with Gasteiger partial charge in [0, 0.05) is 37.2 Å². The molecule has 10 heteroatoms. The summed E-state index contributed by atoms with van der Waals surface area (Å²) in [6.45, 7) is 1.73. The highest BCUT2D eigenvalue weighted by Crippen LogP contribution is 2.46. The number of nitrogens with zero attached hydrogens (tertiary/aromatic N) is 2. The summed E-state index contributed by atoms with van der Waals surface area (Å²) in [6, 6.07) is 7.66. The Hall–Kier alpha value is -2.30. The fourth-order valence-corrected chi connectivity index (χ4v) is 5.69. The van der Waals surface area contributed by atoms with Crippen molar-refractivity contribution in [3.05, 3.63) is 29.8 Å². The summed E-state index contributed by atoms with van der Waals surface area (Å²) in [5.41, 5.74) is 5.61. The van der Waals surface area contributed by atoms with E-state index in [9.17, 15) is 14.4 Å². The Morgan fingerprint density at radius 2 is 2.06 bits per heavy atom. The van der Waals surface area contributed by atoms with Gasteiger partial charge >= 0.3 is 5.97 Å². The molecule has 1 aromatic rings. The van der Waals surface area contributed by atoms with Crippen LogP contribution >= 0.6 is 11.8 Å². The second-order valence-electron chi connectivity index (χ2n) is 8.94. The lowest BCUT2D eigenvalue weighted by molar-refractivity contribution is -0.147. The Balaban J connectivity index is 1.75. The zero-order chi connectivity index (χ0) is 24.7. The number of carbonyl (C=O) groups excluding carboxylic acids is 3. The molecule has 3 rings (SSSR count). The van der Waals surface area contributed by atoms with E-state index in [2.05, 4.69) is 5.32 Å². The highest BCUT2D eigenvalue weighted by Gasteiger charge is 2.61. The Morgan fingerprint density at radius 1 is 1.29 bits per heavy atom. The van der Waals surface area contributed by atoms with Crippen LogP contribution < -0.4 is 15.8 Å². The van der Waals surface area contributed by atoms with Crippen molar-refractivity contribution in [1.82, 2.24) is 15.1 Å². The number of methoxy groups -OCH3 is 2. The number of carbonyl (C=O) groups is 3. The minimum Gasteiger partial charge on any atom is -0.496 e. The van der Waals surface area contributed by atoms with E-state index in [0.29, 0.717) is 26.1 Å². The van der Waals surface area contributed by atoms with Crippen molar-refractivity contribution in [3.8, 4) is 5.75 Å². The predicted molar refractivity (Wildman–Crippen MR) is 131 cm³/mol. The SMILES string of the molecule is COC(=O)C1(NC(=O)CN(Cc2ccccc2OC)CC2CCCN2C(=O)CN)CC1CSC. The molecule has 2 fully saturated rings. The van der Waals surface area contributed by atoms with E-state index < -0.39 is 11.5 Å². The summed E-state index contributed by atoms with van der Waals surface area (Å²) in [6.07, 6.45) is 4.33. The van der Waals surface area contributed by atoms with Crippen LogP contribution in [0.2, 0.25) is 0 Å². The van der Waals surface area contributed by atoms with E-state index in [0.717, 1.165) is 29.9 Å². The van der Waals surface area contributed by atoms with E-state index in [4.69, 9.17) is 15.2 Å². The molecule has 1 aliphatic carbocycles. The number of benzene rings is 1. The number of para-hydroxylation sites is 1. The number of likely N-dealkylation sites (tertiary alicyclic amines) is 1. The van der Waals surface area contributed by atoms with Crippen molar-refractivity contribution in [2.75, 3.05) is 52.4 Å². The highest BCUT2D eigenvalue weighted by molar-refractivity contribution is 7.98. The molecular formula is C24H36N4O5S. The molecule has 188 valence electrons. The molecule has 3 atom stereocenters. The van der Waals surface area contributed by atoms with Gasteiger partial charge in [-0.15, -0.1) is 0 Å². The van der Waals surface area contributed by atoms with E-state index in [-0.39, 0.29) is 36.9 Å². The number of ether oxygens (including phenoxy) is 2. The quantitative estimate of drug-likeness (QED) is 0.413. The van der Waals surface area contributed by atoms with Gasteiger partial charge in [0.1, 0.15) is 11.3 Å². The zero-order valence-corrected chi connectivity index (χ0v) is 21.1. The van der Waals surface area contributed by atoms with Gasteiger partial charge in [0.15, 0.2) is 0 Å². The second kappa shape index (κ2) is 11.9. The van der Waals surface area contributed by atoms with Gasteiger partial charge in [-0.25, -0.2) is 4.79 Å². The molecule has 1 heterocycles. The summed E-state index contributed by atoms with van der Waals surface area (Å²) in [5.74, 6) is 0.868. The van der Waals surface area contributed by atoms with Gasteiger partial charge in [-0.05, 0) is 37.3 Å². The summed E-state index contributed by atoms with van der Waals surface area (Å²) < 4.78 is 10.5. The Bertz CT molecular complexity index is 885. The van der Waals surface area contributed by atoms with Gasteiger partial charge in [0.25, 0.3) is 0 Å². The third-order valence-electron chi connectivity index (χ3n) is 6.68. The van der Waals surface area contributed by atoms with Crippen LogP contribution in [0.15, 0.2) is 24.3 Å². The number of thioether (sulfide) groups is 1. The Labute approximate surface area is 205 Å². The zero-order valence-electron chi connectivity index (χ0n) is 20.2. The maximum atomic E-state index is 13.2. The Morgan fingerprint density at radius 3 is 2.74 bits per heavy atom. The van der Waals surface area contributed by atoms with Crippen molar-refractivity contribution < 1.29 is 23.9 Å². The molecule has 1 saturated carbocycles. The van der Waals surface area contributed by atoms with Crippen LogP contribution in [0, 0.1) is 5.92 Å². The number of nitrogens with two attached hydrogens (primary N) is 1. The molecule has 1 aromatic carbocycles. The van der Waals surface area contributed by atoms with Crippen molar-refractivity contribution in [1.29, 1.82) is 0 Å². The normalized spacial score (nSPS) is 23.6. The largest absolute Gasteiger partial charge is 0.496 e. The summed E-state index contributed by atoms with van der Waals surface area (Å²) >= 11 is 1.64. The third-order valence-corrected chi connectivity index (χ3v) is 7.42. The van der Waals surface area contributed by atoms with Gasteiger partial charge < -0.3 is 25.4 Å². The van der Waals surface area contributed by atoms with Crippen LogP contribution in [0.5, 0.6) is 5.75 Å². The molecule has 3 N–H and O–H groups in total. The van der Waals surface area contributed by atoms with Gasteiger partial charge in [-0.3, -0.25) is 14.5 Å². The van der Waals surface area contributed by atoms with Crippen molar-refractivity contribution in [3.63, 3.8) is 0 Å². The lowest BCUT2D eigenvalue weighted by Crippen LogP contribution is -2.51. The lowest BCUT2D eigenvalue weighted by Gasteiger charge is -2.31. The average Bonchev–Trinajstić information content (AvgIpc) is 3.31. The molecule has 0 aromatic heterocycles. The monoisotopic (exact) mass is 492 g/mol. The predicted octanol–water partition coefficient (Wildman–Crippen LogP) is 0.858. The molecular weight excluding hydrogens is 456 g/mol. The topological polar surface area (TPSA) is 114 Å². The molecule has 0 bridgehead atoms. The number of hydrogen-bond acceptors (Lipinski definition) is 8. The van der Waals surface area contributed by atoms with E-state index in [1.807, 2.05) is 40.3 Å². The molecule has 0 radical (unpaired) electrons. The fraction of sp³-hybridized carbons (Fsp3) is 0.625. The maximum Gasteiger partial charge on any atom is 0.331 e. The third kappa shape index (κ3) is 6.03. The first kappa shape index (κ1) is 26.3. The minimum atomic E-state index is -0.945. The smallest absolute Gasteiger partial charge is 0.331 e. The van der Waals surface area contributed by atoms with Crippen molar-refractivity contribution >= 4 is 29.5 Å². The number of rotatable bonds is 12. The molecule has 1 saturated heterocycles. The standard InChI is InChI=1S/C24H36N4O5S/c1-32-20-9-5-4-7-17(20)13-27(14-19-8-6-10-28(19)22(30)12-25)15-21(29)26-24(23(31)33-2)11-18(24)16-34-3/h4-5,7,9,18-19H,6,8,10-16,25H2,1-3H3,(H,26,29). The summed E-state index contributed by atoms with van der Waals surface area (Å²) in [7, 11) is 2.97. The highest BCUT2D eigenvalue weighted by atomic mass is 32.2. The first-order chi connectivity index (χ1) is 16.4. The summed E-state index contributed by atoms with van der Waals surface area (Å²) in [5, 5.41) is 2.97. The van der Waals surface area contributed by atoms with Crippen LogP contribution in [-0.2, 0) is 25.7 Å². The second-order valence-corrected chi connectivity index (χ2v) is 9.85. The average molecular weight is 493 g/mol. The maximum absolute atomic E-state index is 13.2.